The average Bonchev–Trinajstić information content (AvgIpc) is 3.55. The smallest absolute Gasteiger partial charge is 0.330 e. The Balaban J connectivity index is 1.20. The molecule has 2 aliphatic heterocycles. The van der Waals surface area contributed by atoms with Crippen molar-refractivity contribution in [1.29, 1.82) is 0 Å². The lowest BCUT2D eigenvalue weighted by Crippen LogP contribution is -2.47. The highest BCUT2D eigenvalue weighted by Gasteiger charge is 2.33. The molecule has 1 saturated heterocycles. The van der Waals surface area contributed by atoms with Crippen LogP contribution in [-0.2, 0) is 6.54 Å². The molecular weight excluding hydrogens is 546 g/mol. The third-order valence-corrected chi connectivity index (χ3v) is 7.43. The molecule has 2 aromatic carbocycles. The Hall–Kier alpha value is -5.23. The summed E-state index contributed by atoms with van der Waals surface area (Å²) in [6.07, 6.45) is 5.70. The number of nitrogens with two attached hydrogens (primary N) is 1. The van der Waals surface area contributed by atoms with E-state index in [2.05, 4.69) is 25.5 Å². The molecule has 0 aliphatic carbocycles. The summed E-state index contributed by atoms with van der Waals surface area (Å²) in [4.78, 5) is 44.9. The van der Waals surface area contributed by atoms with Gasteiger partial charge in [0.15, 0.2) is 5.82 Å². The molecular formula is C31H33N9O3. The number of benzene rings is 2. The van der Waals surface area contributed by atoms with Crippen molar-refractivity contribution < 1.29 is 14.3 Å². The van der Waals surface area contributed by atoms with Crippen molar-refractivity contribution in [2.75, 3.05) is 49.2 Å². The monoisotopic (exact) mass is 579 g/mol. The third-order valence-electron chi connectivity index (χ3n) is 7.43. The van der Waals surface area contributed by atoms with Crippen molar-refractivity contribution in [2.24, 2.45) is 0 Å². The first-order chi connectivity index (χ1) is 21.0. The normalized spacial score (nSPS) is 14.9. The molecule has 3 amide bonds. The number of nitrogen functional groups attached to an aromatic ring is 1. The average molecular weight is 580 g/mol. The van der Waals surface area contributed by atoms with Crippen LogP contribution in [0.1, 0.15) is 28.9 Å². The van der Waals surface area contributed by atoms with Gasteiger partial charge >= 0.3 is 6.03 Å². The van der Waals surface area contributed by atoms with E-state index in [-0.39, 0.29) is 17.6 Å². The number of urea groups is 1. The predicted molar refractivity (Wildman–Crippen MR) is 164 cm³/mol. The van der Waals surface area contributed by atoms with Gasteiger partial charge in [-0.15, -0.1) is 0 Å². The molecule has 2 aromatic heterocycles. The van der Waals surface area contributed by atoms with Crippen LogP contribution >= 0.6 is 0 Å². The molecule has 1 fully saturated rings. The lowest BCUT2D eigenvalue weighted by atomic mass is 10.1. The molecule has 220 valence electrons. The van der Waals surface area contributed by atoms with Crippen LogP contribution < -0.4 is 26.0 Å². The molecule has 4 heterocycles. The zero-order chi connectivity index (χ0) is 29.8. The molecule has 6 rings (SSSR count). The Kier molecular flexibility index (Phi) is 8.01. The summed E-state index contributed by atoms with van der Waals surface area (Å²) in [6.45, 7) is 4.04. The number of pyridine rings is 1. The van der Waals surface area contributed by atoms with Crippen molar-refractivity contribution in [3.8, 4) is 11.5 Å². The fourth-order valence-corrected chi connectivity index (χ4v) is 5.21. The molecule has 0 bridgehead atoms. The highest BCUT2D eigenvalue weighted by molar-refractivity contribution is 6.01. The number of rotatable bonds is 9. The molecule has 0 saturated carbocycles. The topological polar surface area (TPSA) is 142 Å². The first-order valence-corrected chi connectivity index (χ1v) is 14.2. The van der Waals surface area contributed by atoms with Crippen molar-refractivity contribution in [1.82, 2.24) is 30.1 Å². The summed E-state index contributed by atoms with van der Waals surface area (Å²) in [5.41, 5.74) is 9.16. The van der Waals surface area contributed by atoms with E-state index in [0.29, 0.717) is 47.7 Å². The van der Waals surface area contributed by atoms with Crippen LogP contribution in [0.3, 0.4) is 0 Å². The highest BCUT2D eigenvalue weighted by Crippen LogP contribution is 2.35. The lowest BCUT2D eigenvalue weighted by Gasteiger charge is -2.36. The van der Waals surface area contributed by atoms with Gasteiger partial charge in [-0.1, -0.05) is 6.07 Å². The van der Waals surface area contributed by atoms with Crippen LogP contribution in [0, 0.1) is 0 Å². The Labute approximate surface area is 249 Å². The number of nitrogens with one attached hydrogen (secondary N) is 2. The molecule has 0 unspecified atom stereocenters. The first kappa shape index (κ1) is 27.9. The standard InChI is InChI=1S/C31H33N9O3/c1-33-29(41)27-18-26(11-12-34-27)43-25-9-7-23(8-10-25)36-30-35-19-21-20-39(16-15-38-13-2-3-14-38)31(42)40(28(21)37-30)24-6-4-5-22(32)17-24/h4-12,17-19H,2-3,13-16,20,32H2,1H3,(H,33,41)(H,35,36,37). The predicted octanol–water partition coefficient (Wildman–Crippen LogP) is 4.52. The largest absolute Gasteiger partial charge is 0.457 e. The second-order valence-electron chi connectivity index (χ2n) is 10.4. The second kappa shape index (κ2) is 12.3. The number of amides is 3. The van der Waals surface area contributed by atoms with E-state index in [9.17, 15) is 9.59 Å². The molecule has 12 heteroatoms. The Morgan fingerprint density at radius 2 is 1.81 bits per heavy atom. The van der Waals surface area contributed by atoms with Gasteiger partial charge in [0.25, 0.3) is 5.91 Å². The van der Waals surface area contributed by atoms with Gasteiger partial charge in [0.05, 0.1) is 12.2 Å². The fraction of sp³-hybridized carbons (Fsp3) is 0.258. The number of aromatic nitrogens is 3. The maximum Gasteiger partial charge on any atom is 0.330 e. The Morgan fingerprint density at radius 3 is 2.58 bits per heavy atom. The number of ether oxygens (including phenoxy) is 1. The quantitative estimate of drug-likeness (QED) is 0.244. The molecule has 4 N–H and O–H groups in total. The zero-order valence-corrected chi connectivity index (χ0v) is 23.9. The van der Waals surface area contributed by atoms with Crippen molar-refractivity contribution in [3.63, 3.8) is 0 Å². The summed E-state index contributed by atoms with van der Waals surface area (Å²) in [7, 11) is 1.55. The molecule has 2 aliphatic rings. The van der Waals surface area contributed by atoms with E-state index in [1.165, 1.54) is 19.0 Å². The zero-order valence-electron chi connectivity index (χ0n) is 23.9. The number of fused-ring (bicyclic) bond motifs is 1. The minimum absolute atomic E-state index is 0.140. The maximum absolute atomic E-state index is 13.8. The van der Waals surface area contributed by atoms with Crippen LogP contribution in [0.4, 0.5) is 33.6 Å². The summed E-state index contributed by atoms with van der Waals surface area (Å²) in [5, 5.41) is 5.77. The van der Waals surface area contributed by atoms with Gasteiger partial charge in [0.2, 0.25) is 5.95 Å². The minimum atomic E-state index is -0.291. The summed E-state index contributed by atoms with van der Waals surface area (Å²) in [6, 6.07) is 17.6. The summed E-state index contributed by atoms with van der Waals surface area (Å²) in [5.74, 6) is 1.66. The van der Waals surface area contributed by atoms with Crippen molar-refractivity contribution >= 4 is 40.8 Å². The second-order valence-corrected chi connectivity index (χ2v) is 10.4. The van der Waals surface area contributed by atoms with Gasteiger partial charge in [0.1, 0.15) is 17.2 Å². The van der Waals surface area contributed by atoms with Crippen LogP contribution in [0.5, 0.6) is 11.5 Å². The fourth-order valence-electron chi connectivity index (χ4n) is 5.21. The van der Waals surface area contributed by atoms with E-state index in [1.54, 1.807) is 54.5 Å². The number of hydrogen-bond acceptors (Lipinski definition) is 9. The Bertz CT molecular complexity index is 1620. The molecule has 0 spiro atoms. The van der Waals surface area contributed by atoms with E-state index >= 15 is 0 Å². The van der Waals surface area contributed by atoms with Gasteiger partial charge in [-0.25, -0.2) is 14.7 Å². The van der Waals surface area contributed by atoms with Crippen LogP contribution in [0.25, 0.3) is 0 Å². The third kappa shape index (κ3) is 6.33. The van der Waals surface area contributed by atoms with Crippen LogP contribution in [0.15, 0.2) is 73.1 Å². The van der Waals surface area contributed by atoms with E-state index < -0.39 is 0 Å². The number of nitrogens with zero attached hydrogens (tertiary/aromatic N) is 6. The number of carbonyl (C=O) groups is 2. The summed E-state index contributed by atoms with van der Waals surface area (Å²) < 4.78 is 5.90. The molecule has 43 heavy (non-hydrogen) atoms. The molecule has 4 aromatic rings. The van der Waals surface area contributed by atoms with Gasteiger partial charge < -0.3 is 30.9 Å². The maximum atomic E-state index is 13.8. The first-order valence-electron chi connectivity index (χ1n) is 14.2. The van der Waals surface area contributed by atoms with Crippen LogP contribution in [-0.4, -0.2) is 69.9 Å². The van der Waals surface area contributed by atoms with Gasteiger partial charge in [-0.2, -0.15) is 4.98 Å². The minimum Gasteiger partial charge on any atom is -0.457 e. The number of anilines is 5. The van der Waals surface area contributed by atoms with Crippen LogP contribution in [0.2, 0.25) is 0 Å². The van der Waals surface area contributed by atoms with Crippen molar-refractivity contribution in [3.05, 3.63) is 84.3 Å². The van der Waals surface area contributed by atoms with Gasteiger partial charge in [0, 0.05) is 55.5 Å². The summed E-state index contributed by atoms with van der Waals surface area (Å²) >= 11 is 0. The highest BCUT2D eigenvalue weighted by atomic mass is 16.5. The lowest BCUT2D eigenvalue weighted by molar-refractivity contribution is 0.0957. The van der Waals surface area contributed by atoms with E-state index in [1.807, 2.05) is 29.2 Å². The van der Waals surface area contributed by atoms with E-state index in [0.717, 1.165) is 30.9 Å². The number of likely N-dealkylation sites (tertiary alicyclic amines) is 1. The number of carbonyl (C=O) groups excluding carboxylic acids is 2. The number of hydrogen-bond donors (Lipinski definition) is 3. The molecule has 0 radical (unpaired) electrons. The Morgan fingerprint density at radius 1 is 1.00 bits per heavy atom. The SMILES string of the molecule is CNC(=O)c1cc(Oc2ccc(Nc3ncc4c(n3)N(c3cccc(N)c3)C(=O)N(CCN3CCCC3)C4)cc2)ccn1. The van der Waals surface area contributed by atoms with Gasteiger partial charge in [-0.05, 0) is 74.5 Å². The van der Waals surface area contributed by atoms with E-state index in [4.69, 9.17) is 15.5 Å². The molecule has 0 atom stereocenters. The van der Waals surface area contributed by atoms with Crippen molar-refractivity contribution in [2.45, 2.75) is 19.4 Å². The van der Waals surface area contributed by atoms with Gasteiger partial charge in [-0.3, -0.25) is 9.78 Å². The molecule has 12 nitrogen and oxygen atoms in total.